The standard InChI is InChI=1S/C61H39N5/c62-38-48-58(63-49-30-12-4-22-40(49)41-23-5-13-31-50(41)63)60(65-53-34-16-8-26-44(53)45-27-9-17-35-54(45)65)57(39-20-2-1-3-21-39)61(66-55-36-18-10-28-46(55)47-29-11-19-37-56(47)66)59(48)64-51-32-14-6-24-42(51)43-25-7-15-33-52(43)64/h1-18,20-36H,19,37H2. The van der Waals surface area contributed by atoms with Gasteiger partial charge in [0.05, 0.1) is 61.4 Å². The van der Waals surface area contributed by atoms with Gasteiger partial charge in [-0.1, -0.05) is 170 Å². The molecule has 0 bridgehead atoms. The molecular formula is C61H39N5. The van der Waals surface area contributed by atoms with Crippen LogP contribution < -0.4 is 0 Å². The minimum absolute atomic E-state index is 0.581. The van der Waals surface area contributed by atoms with Crippen molar-refractivity contribution in [1.29, 1.82) is 5.26 Å². The fourth-order valence-electron chi connectivity index (χ4n) is 11.5. The van der Waals surface area contributed by atoms with E-state index in [1.165, 1.54) is 16.6 Å². The second-order valence-corrected chi connectivity index (χ2v) is 17.4. The summed E-state index contributed by atoms with van der Waals surface area (Å²) in [7, 11) is 0. The van der Waals surface area contributed by atoms with Crippen molar-refractivity contribution >= 4 is 82.4 Å². The first-order chi connectivity index (χ1) is 32.8. The van der Waals surface area contributed by atoms with Crippen LogP contribution >= 0.6 is 0 Å². The monoisotopic (exact) mass is 841 g/mol. The zero-order valence-electron chi connectivity index (χ0n) is 35.9. The number of rotatable bonds is 5. The molecule has 0 N–H and O–H groups in total. The third-order valence-corrected chi connectivity index (χ3v) is 14.1. The molecule has 5 nitrogen and oxygen atoms in total. The molecule has 0 amide bonds. The molecule has 1 aliphatic rings. The smallest absolute Gasteiger partial charge is 0.104 e. The second-order valence-electron chi connectivity index (χ2n) is 17.4. The second kappa shape index (κ2) is 14.1. The minimum atomic E-state index is 0.581. The van der Waals surface area contributed by atoms with Crippen LogP contribution in [0.1, 0.15) is 23.2 Å². The lowest BCUT2D eigenvalue weighted by molar-refractivity contribution is 0.882. The summed E-state index contributed by atoms with van der Waals surface area (Å²) in [5, 5.41) is 20.6. The Morgan fingerprint density at radius 3 is 1.09 bits per heavy atom. The summed E-state index contributed by atoms with van der Waals surface area (Å²) in [6.45, 7) is 0. The Bertz CT molecular complexity index is 4080. The number of allylic oxidation sites excluding steroid dienone is 1. The number of hydrogen-bond donors (Lipinski definition) is 0. The van der Waals surface area contributed by atoms with Crippen molar-refractivity contribution in [3.05, 3.63) is 223 Å². The van der Waals surface area contributed by atoms with Crippen LogP contribution in [0.15, 0.2) is 206 Å². The molecule has 0 saturated heterocycles. The summed E-state index contributed by atoms with van der Waals surface area (Å²) in [4.78, 5) is 0. The normalized spacial score (nSPS) is 12.7. The van der Waals surface area contributed by atoms with Crippen LogP contribution in [0.5, 0.6) is 0 Å². The quantitative estimate of drug-likeness (QED) is 0.170. The number of nitrogens with zero attached hydrogens (tertiary/aromatic N) is 5. The molecule has 308 valence electrons. The van der Waals surface area contributed by atoms with Crippen molar-refractivity contribution in [3.8, 4) is 39.9 Å². The fourth-order valence-corrected chi connectivity index (χ4v) is 11.5. The number of fused-ring (bicyclic) bond motifs is 12. The number of hydrogen-bond acceptors (Lipinski definition) is 1. The highest BCUT2D eigenvalue weighted by molar-refractivity contribution is 6.15. The zero-order valence-corrected chi connectivity index (χ0v) is 35.9. The summed E-state index contributed by atoms with van der Waals surface area (Å²) in [5.41, 5.74) is 16.1. The minimum Gasteiger partial charge on any atom is -0.310 e. The van der Waals surface area contributed by atoms with Gasteiger partial charge in [0.2, 0.25) is 0 Å². The summed E-state index contributed by atoms with van der Waals surface area (Å²) >= 11 is 0. The SMILES string of the molecule is N#Cc1c(-n2c3ccccc3c3ccccc32)c(-n2c3c(c4ccccc42)C=CCC3)c(-c2ccccc2)c(-n2c3ccccc3c3ccccc32)c1-n1c2ccccc2c2ccccc21. The van der Waals surface area contributed by atoms with Gasteiger partial charge in [-0.25, -0.2) is 0 Å². The molecule has 9 aromatic carbocycles. The largest absolute Gasteiger partial charge is 0.310 e. The molecular weight excluding hydrogens is 803 g/mol. The highest BCUT2D eigenvalue weighted by Gasteiger charge is 2.35. The van der Waals surface area contributed by atoms with E-state index in [1.807, 2.05) is 0 Å². The molecule has 0 atom stereocenters. The van der Waals surface area contributed by atoms with E-state index in [9.17, 15) is 5.26 Å². The van der Waals surface area contributed by atoms with Crippen molar-refractivity contribution in [2.24, 2.45) is 0 Å². The first kappa shape index (κ1) is 36.6. The van der Waals surface area contributed by atoms with Crippen molar-refractivity contribution in [2.75, 3.05) is 0 Å². The number of benzene rings is 9. The third-order valence-electron chi connectivity index (χ3n) is 14.1. The van der Waals surface area contributed by atoms with Gasteiger partial charge in [0.25, 0.3) is 0 Å². The van der Waals surface area contributed by atoms with Crippen LogP contribution in [0.2, 0.25) is 0 Å². The Kier molecular flexibility index (Phi) is 7.81. The van der Waals surface area contributed by atoms with Gasteiger partial charge in [0.15, 0.2) is 0 Å². The number of para-hydroxylation sites is 7. The van der Waals surface area contributed by atoms with Gasteiger partial charge in [-0.2, -0.15) is 5.26 Å². The number of nitriles is 1. The van der Waals surface area contributed by atoms with Crippen LogP contribution in [0.4, 0.5) is 0 Å². The highest BCUT2D eigenvalue weighted by Crippen LogP contribution is 2.51. The van der Waals surface area contributed by atoms with E-state index in [1.54, 1.807) is 0 Å². The Labute approximate surface area is 380 Å². The van der Waals surface area contributed by atoms with Crippen LogP contribution in [0, 0.1) is 11.3 Å². The van der Waals surface area contributed by atoms with Gasteiger partial charge < -0.3 is 18.3 Å². The van der Waals surface area contributed by atoms with Crippen LogP contribution in [-0.2, 0) is 6.42 Å². The summed E-state index contributed by atoms with van der Waals surface area (Å²) in [6.07, 6.45) is 6.38. The molecule has 0 spiro atoms. The van der Waals surface area contributed by atoms with E-state index < -0.39 is 0 Å². The van der Waals surface area contributed by atoms with Gasteiger partial charge in [-0.05, 0) is 60.9 Å². The van der Waals surface area contributed by atoms with E-state index in [0.717, 1.165) is 118 Å². The van der Waals surface area contributed by atoms with Gasteiger partial charge in [-0.3, -0.25) is 0 Å². The summed E-state index contributed by atoms with van der Waals surface area (Å²) < 4.78 is 9.78. The van der Waals surface area contributed by atoms with Crippen molar-refractivity contribution in [2.45, 2.75) is 12.8 Å². The van der Waals surface area contributed by atoms with Crippen molar-refractivity contribution in [3.63, 3.8) is 0 Å². The zero-order chi connectivity index (χ0) is 43.5. The Hall–Kier alpha value is -8.85. The Morgan fingerprint density at radius 2 is 0.682 bits per heavy atom. The Balaban J connectivity index is 1.36. The predicted molar refractivity (Wildman–Crippen MR) is 274 cm³/mol. The van der Waals surface area contributed by atoms with Gasteiger partial charge >= 0.3 is 0 Å². The molecule has 0 aliphatic heterocycles. The Morgan fingerprint density at radius 1 is 0.348 bits per heavy atom. The maximum absolute atomic E-state index is 12.6. The lowest BCUT2D eigenvalue weighted by Crippen LogP contribution is -2.17. The topological polar surface area (TPSA) is 43.5 Å². The molecule has 14 rings (SSSR count). The first-order valence-electron chi connectivity index (χ1n) is 22.7. The lowest BCUT2D eigenvalue weighted by atomic mass is 9.93. The predicted octanol–water partition coefficient (Wildman–Crippen LogP) is 15.4. The third kappa shape index (κ3) is 4.93. The van der Waals surface area contributed by atoms with E-state index in [2.05, 4.69) is 237 Å². The molecule has 4 aromatic heterocycles. The van der Waals surface area contributed by atoms with Gasteiger partial charge in [-0.15, -0.1) is 0 Å². The van der Waals surface area contributed by atoms with Crippen LogP contribution in [0.25, 0.3) is 116 Å². The van der Waals surface area contributed by atoms with E-state index in [0.29, 0.717) is 5.56 Å². The highest BCUT2D eigenvalue weighted by atomic mass is 15.1. The van der Waals surface area contributed by atoms with Gasteiger partial charge in [0.1, 0.15) is 11.6 Å². The molecule has 0 fully saturated rings. The van der Waals surface area contributed by atoms with Gasteiger partial charge in [0, 0.05) is 54.5 Å². The van der Waals surface area contributed by atoms with Crippen LogP contribution in [0.3, 0.4) is 0 Å². The maximum Gasteiger partial charge on any atom is 0.104 e. The summed E-state index contributed by atoms with van der Waals surface area (Å²) in [5.74, 6) is 0. The van der Waals surface area contributed by atoms with Crippen molar-refractivity contribution in [1.82, 2.24) is 18.3 Å². The molecule has 66 heavy (non-hydrogen) atoms. The molecule has 1 aliphatic carbocycles. The van der Waals surface area contributed by atoms with Crippen LogP contribution in [-0.4, -0.2) is 18.3 Å². The first-order valence-corrected chi connectivity index (χ1v) is 22.7. The average Bonchev–Trinajstić information content (AvgIpc) is 4.11. The lowest BCUT2D eigenvalue weighted by Gasteiger charge is -2.30. The van der Waals surface area contributed by atoms with E-state index in [4.69, 9.17) is 0 Å². The molecule has 0 unspecified atom stereocenters. The van der Waals surface area contributed by atoms with E-state index in [-0.39, 0.29) is 0 Å². The average molecular weight is 842 g/mol. The molecule has 13 aromatic rings. The molecule has 5 heteroatoms. The fraction of sp³-hybridized carbons (Fsp3) is 0.0328. The van der Waals surface area contributed by atoms with Crippen molar-refractivity contribution < 1.29 is 0 Å². The summed E-state index contributed by atoms with van der Waals surface area (Å²) in [6, 6.07) is 75.0. The van der Waals surface area contributed by atoms with E-state index >= 15 is 0 Å². The molecule has 4 heterocycles. The molecule has 0 radical (unpaired) electrons. The molecule has 0 saturated carbocycles. The number of aromatic nitrogens is 4. The maximum atomic E-state index is 12.6.